The molecule has 0 unspecified atom stereocenters. The fraction of sp³-hybridized carbons (Fsp3) is 0.159. The zero-order valence-electron chi connectivity index (χ0n) is 30.3. The molecule has 0 aromatic heterocycles. The number of ether oxygens (including phenoxy) is 2. The highest BCUT2D eigenvalue weighted by atomic mass is 32.2. The third-order valence-electron chi connectivity index (χ3n) is 9.16. The van der Waals surface area contributed by atoms with Crippen LogP contribution in [0.4, 0.5) is 5.69 Å². The molecular weight excluding hydrogens is 733 g/mol. The van der Waals surface area contributed by atoms with Gasteiger partial charge in [-0.05, 0) is 70.6 Å². The number of sulfone groups is 1. The third kappa shape index (κ3) is 10.2. The summed E-state index contributed by atoms with van der Waals surface area (Å²) in [5.41, 5.74) is 3.41. The van der Waals surface area contributed by atoms with Crippen molar-refractivity contribution < 1.29 is 37.8 Å². The summed E-state index contributed by atoms with van der Waals surface area (Å²) in [6, 6.07) is 42.9. The van der Waals surface area contributed by atoms with E-state index in [4.69, 9.17) is 9.47 Å². The molecule has 2 N–H and O–H groups in total. The number of carboxylic acids is 1. The molecule has 56 heavy (non-hydrogen) atoms. The number of carboxylic acid groups (broad SMARTS) is 1. The van der Waals surface area contributed by atoms with Crippen molar-refractivity contribution in [2.45, 2.75) is 42.1 Å². The number of rotatable bonds is 18. The minimum absolute atomic E-state index is 0.00453. The molecule has 6 aromatic rings. The Labute approximate surface area is 325 Å². The van der Waals surface area contributed by atoms with Gasteiger partial charge in [0.1, 0.15) is 24.5 Å². The Morgan fingerprint density at radius 2 is 1.21 bits per heavy atom. The number of hydrogen-bond donors (Lipinski definition) is 2. The molecule has 286 valence electrons. The summed E-state index contributed by atoms with van der Waals surface area (Å²) >= 11 is 0. The highest BCUT2D eigenvalue weighted by Gasteiger charge is 2.24. The molecule has 1 atom stereocenters. The van der Waals surface area contributed by atoms with Crippen molar-refractivity contribution in [3.8, 4) is 11.5 Å². The van der Waals surface area contributed by atoms with Crippen molar-refractivity contribution in [3.05, 3.63) is 195 Å². The molecule has 0 saturated carbocycles. The molecule has 0 aliphatic heterocycles. The molecule has 0 bridgehead atoms. The third-order valence-corrected chi connectivity index (χ3v) is 10.9. The summed E-state index contributed by atoms with van der Waals surface area (Å²) in [5.74, 6) is -1.15. The second-order valence-electron chi connectivity index (χ2n) is 13.1. The largest absolute Gasteiger partial charge is 0.488 e. The first kappa shape index (κ1) is 39.4. The lowest BCUT2D eigenvalue weighted by molar-refractivity contribution is -0.386. The summed E-state index contributed by atoms with van der Waals surface area (Å²) in [4.78, 5) is 25.4. The van der Waals surface area contributed by atoms with Crippen LogP contribution < -0.4 is 9.47 Å². The van der Waals surface area contributed by atoms with Gasteiger partial charge in [-0.25, -0.2) is 13.2 Å². The summed E-state index contributed by atoms with van der Waals surface area (Å²) in [5, 5.41) is 33.2. The van der Waals surface area contributed by atoms with Crippen molar-refractivity contribution in [3.63, 3.8) is 0 Å². The summed E-state index contributed by atoms with van der Waals surface area (Å²) in [6.07, 6.45) is -0.554. The number of aliphatic hydroxyl groups is 1. The van der Waals surface area contributed by atoms with Gasteiger partial charge in [-0.1, -0.05) is 109 Å². The Bertz CT molecular complexity index is 2360. The van der Waals surface area contributed by atoms with E-state index in [9.17, 15) is 33.5 Å². The van der Waals surface area contributed by atoms with E-state index in [0.717, 1.165) is 28.3 Å². The van der Waals surface area contributed by atoms with Crippen LogP contribution in [0, 0.1) is 10.1 Å². The molecule has 11 nitrogen and oxygen atoms in total. The lowest BCUT2D eigenvalue weighted by atomic mass is 10.1. The van der Waals surface area contributed by atoms with Gasteiger partial charge in [0, 0.05) is 25.7 Å². The van der Waals surface area contributed by atoms with Gasteiger partial charge in [-0.15, -0.1) is 0 Å². The van der Waals surface area contributed by atoms with Crippen LogP contribution in [0.3, 0.4) is 0 Å². The van der Waals surface area contributed by atoms with Gasteiger partial charge in [0.05, 0.1) is 20.8 Å². The maximum atomic E-state index is 13.6. The topological polar surface area (TPSA) is 157 Å². The normalized spacial score (nSPS) is 11.9. The van der Waals surface area contributed by atoms with Crippen LogP contribution in [0.25, 0.3) is 0 Å². The number of aliphatic hydroxyl groups excluding tert-OH is 1. The fourth-order valence-corrected chi connectivity index (χ4v) is 7.42. The van der Waals surface area contributed by atoms with Crippen molar-refractivity contribution in [2.24, 2.45) is 0 Å². The first-order chi connectivity index (χ1) is 27.1. The zero-order chi connectivity index (χ0) is 39.5. The SMILES string of the molecule is O=C(O)c1cc(S(=O)(=O)c2ccc(CCN(Cc3ccccc3)C[C@@H](O)c3ccc(OCc4ccccc4)c([N+](=O)[O-])c3)cc2)ccc1OCc1ccccc1. The maximum Gasteiger partial charge on any atom is 0.339 e. The number of nitrogens with zero attached hydrogens (tertiary/aromatic N) is 2. The number of carbonyl (C=O) groups is 1. The number of hydrogen-bond acceptors (Lipinski definition) is 9. The van der Waals surface area contributed by atoms with Crippen LogP contribution in [0.2, 0.25) is 0 Å². The van der Waals surface area contributed by atoms with Gasteiger partial charge in [0.25, 0.3) is 0 Å². The standard InChI is InChI=1S/C44H40N2O9S/c47-41(36-18-22-43(40(26-36)46(50)51)55-31-35-14-8-3-9-15-35)29-45(28-33-10-4-1-5-11-33)25-24-32-16-19-37(20-17-32)56(52,53)38-21-23-42(39(27-38)44(48)49)54-30-34-12-6-2-7-13-34/h1-23,26-27,41,47H,24-25,28-31H2,(H,48,49)/t41-/m1/s1. The molecule has 0 heterocycles. The van der Waals surface area contributed by atoms with Crippen LogP contribution in [0.1, 0.15) is 44.3 Å². The Morgan fingerprint density at radius 1 is 0.679 bits per heavy atom. The van der Waals surface area contributed by atoms with E-state index in [1.165, 1.54) is 36.4 Å². The molecular formula is C44H40N2O9S. The predicted octanol–water partition coefficient (Wildman–Crippen LogP) is 8.06. The van der Waals surface area contributed by atoms with E-state index >= 15 is 0 Å². The van der Waals surface area contributed by atoms with Crippen molar-refractivity contribution in [2.75, 3.05) is 13.1 Å². The molecule has 0 aliphatic carbocycles. The summed E-state index contributed by atoms with van der Waals surface area (Å²) in [6.45, 7) is 1.41. The minimum atomic E-state index is -4.06. The van der Waals surface area contributed by atoms with Gasteiger partial charge in [-0.2, -0.15) is 0 Å². The number of nitro benzene ring substituents is 1. The van der Waals surface area contributed by atoms with Crippen molar-refractivity contribution in [1.82, 2.24) is 4.90 Å². The van der Waals surface area contributed by atoms with Gasteiger partial charge in [-0.3, -0.25) is 15.0 Å². The van der Waals surface area contributed by atoms with Gasteiger partial charge >= 0.3 is 11.7 Å². The molecule has 6 rings (SSSR count). The fourth-order valence-electron chi connectivity index (χ4n) is 6.13. The first-order valence-electron chi connectivity index (χ1n) is 17.8. The van der Waals surface area contributed by atoms with Crippen LogP contribution in [0.5, 0.6) is 11.5 Å². The van der Waals surface area contributed by atoms with E-state index in [1.54, 1.807) is 18.2 Å². The molecule has 12 heteroatoms. The summed E-state index contributed by atoms with van der Waals surface area (Å²) < 4.78 is 38.7. The Morgan fingerprint density at radius 3 is 1.79 bits per heavy atom. The van der Waals surface area contributed by atoms with Gasteiger partial charge in [0.15, 0.2) is 5.75 Å². The lowest BCUT2D eigenvalue weighted by Gasteiger charge is -2.25. The van der Waals surface area contributed by atoms with E-state index in [1.807, 2.05) is 95.9 Å². The average molecular weight is 773 g/mol. The highest BCUT2D eigenvalue weighted by molar-refractivity contribution is 7.91. The molecule has 0 aliphatic rings. The molecule has 0 radical (unpaired) electrons. The summed E-state index contributed by atoms with van der Waals surface area (Å²) in [7, 11) is -4.06. The van der Waals surface area contributed by atoms with E-state index < -0.39 is 26.8 Å². The molecule has 0 amide bonds. The predicted molar refractivity (Wildman–Crippen MR) is 210 cm³/mol. The molecule has 0 spiro atoms. The minimum Gasteiger partial charge on any atom is -0.488 e. The van der Waals surface area contributed by atoms with Crippen molar-refractivity contribution >= 4 is 21.5 Å². The highest BCUT2D eigenvalue weighted by Crippen LogP contribution is 2.32. The van der Waals surface area contributed by atoms with E-state index in [2.05, 4.69) is 0 Å². The smallest absolute Gasteiger partial charge is 0.339 e. The second kappa shape index (κ2) is 18.3. The van der Waals surface area contributed by atoms with Crippen LogP contribution in [-0.2, 0) is 36.0 Å². The van der Waals surface area contributed by atoms with Gasteiger partial charge in [0.2, 0.25) is 9.84 Å². The zero-order valence-corrected chi connectivity index (χ0v) is 31.1. The Kier molecular flexibility index (Phi) is 12.9. The van der Waals surface area contributed by atoms with Crippen molar-refractivity contribution in [1.29, 1.82) is 0 Å². The van der Waals surface area contributed by atoms with Gasteiger partial charge < -0.3 is 19.7 Å². The number of benzene rings is 6. The Balaban J connectivity index is 1.14. The first-order valence-corrected chi connectivity index (χ1v) is 19.3. The van der Waals surface area contributed by atoms with Crippen LogP contribution in [-0.4, -0.2) is 47.5 Å². The number of aromatic carboxylic acids is 1. The Hall–Kier alpha value is -6.34. The molecule has 6 aromatic carbocycles. The maximum absolute atomic E-state index is 13.6. The second-order valence-corrected chi connectivity index (χ2v) is 15.1. The van der Waals surface area contributed by atoms with Crippen LogP contribution in [0.15, 0.2) is 161 Å². The van der Waals surface area contributed by atoms with E-state index in [0.29, 0.717) is 25.1 Å². The monoisotopic (exact) mass is 772 g/mol. The molecule has 0 fully saturated rings. The van der Waals surface area contributed by atoms with E-state index in [-0.39, 0.29) is 52.3 Å². The van der Waals surface area contributed by atoms with Crippen LogP contribution >= 0.6 is 0 Å². The lowest BCUT2D eigenvalue weighted by Crippen LogP contribution is -2.30. The average Bonchev–Trinajstić information content (AvgIpc) is 3.22. The molecule has 0 saturated heterocycles. The number of nitro groups is 1. The quantitative estimate of drug-likeness (QED) is 0.0647.